The van der Waals surface area contributed by atoms with E-state index < -0.39 is 0 Å². The van der Waals surface area contributed by atoms with Gasteiger partial charge in [0.05, 0.1) is 0 Å². The lowest BCUT2D eigenvalue weighted by molar-refractivity contribution is 0.728. The molecule has 0 fully saturated rings. The van der Waals surface area contributed by atoms with Crippen molar-refractivity contribution in [2.75, 3.05) is 11.4 Å². The third-order valence-electron chi connectivity index (χ3n) is 4.92. The van der Waals surface area contributed by atoms with E-state index in [-0.39, 0.29) is 0 Å². The van der Waals surface area contributed by atoms with E-state index in [4.69, 9.17) is 0 Å². The van der Waals surface area contributed by atoms with Crippen molar-refractivity contribution in [2.24, 2.45) is 0 Å². The highest BCUT2D eigenvalue weighted by Gasteiger charge is 2.19. The van der Waals surface area contributed by atoms with Crippen LogP contribution in [0.5, 0.6) is 0 Å². The van der Waals surface area contributed by atoms with Crippen LogP contribution in [0.25, 0.3) is 5.82 Å². The van der Waals surface area contributed by atoms with Crippen molar-refractivity contribution >= 4 is 32.4 Å². The Balaban J connectivity index is 1.29. The van der Waals surface area contributed by atoms with E-state index >= 15 is 0 Å². The van der Waals surface area contributed by atoms with Crippen LogP contribution in [0.1, 0.15) is 21.6 Å². The minimum absolute atomic E-state index is 0.830. The number of aromatic nitrogens is 4. The van der Waals surface area contributed by atoms with Gasteiger partial charge in [-0.2, -0.15) is 5.10 Å². The Bertz CT molecular complexity index is 1090. The number of pyridine rings is 1. The minimum Gasteiger partial charge on any atom is -0.343 e. The van der Waals surface area contributed by atoms with E-state index in [1.165, 1.54) is 21.6 Å². The zero-order valence-electron chi connectivity index (χ0n) is 15.1. The molecule has 1 aliphatic heterocycles. The molecule has 0 N–H and O–H groups in total. The molecule has 5 nitrogen and oxygen atoms in total. The third kappa shape index (κ3) is 3.59. The first kappa shape index (κ1) is 17.6. The van der Waals surface area contributed by atoms with Gasteiger partial charge in [-0.15, -0.1) is 11.3 Å². The van der Waals surface area contributed by atoms with Crippen LogP contribution in [-0.2, 0) is 19.4 Å². The monoisotopic (exact) mass is 451 g/mol. The van der Waals surface area contributed by atoms with E-state index in [0.29, 0.717) is 0 Å². The highest BCUT2D eigenvalue weighted by Crippen LogP contribution is 2.30. The molecule has 4 aromatic rings. The van der Waals surface area contributed by atoms with Gasteiger partial charge in [0.1, 0.15) is 0 Å². The zero-order valence-corrected chi connectivity index (χ0v) is 17.5. The summed E-state index contributed by atoms with van der Waals surface area (Å²) in [5, 5.41) is 5.31. The molecule has 140 valence electrons. The Morgan fingerprint density at radius 2 is 2.04 bits per heavy atom. The van der Waals surface area contributed by atoms with Crippen molar-refractivity contribution in [3.05, 3.63) is 87.2 Å². The molecule has 0 spiro atoms. The van der Waals surface area contributed by atoms with Gasteiger partial charge in [0.2, 0.25) is 0 Å². The first-order valence-corrected chi connectivity index (χ1v) is 10.8. The topological polar surface area (TPSA) is 46.8 Å². The maximum Gasteiger partial charge on any atom is 0.185 e. The largest absolute Gasteiger partial charge is 0.343 e. The van der Waals surface area contributed by atoms with E-state index in [1.54, 1.807) is 22.2 Å². The van der Waals surface area contributed by atoms with Gasteiger partial charge in [-0.3, -0.25) is 0 Å². The van der Waals surface area contributed by atoms with Gasteiger partial charge in [0.15, 0.2) is 10.9 Å². The van der Waals surface area contributed by atoms with Gasteiger partial charge < -0.3 is 4.90 Å². The van der Waals surface area contributed by atoms with E-state index in [9.17, 15) is 0 Å². The van der Waals surface area contributed by atoms with E-state index in [1.807, 2.05) is 30.7 Å². The SMILES string of the molecule is Brc1ccc2c(c1)CN(c1ncc(Cc3ccc(-n4cccn4)nc3)s1)CC2. The van der Waals surface area contributed by atoms with Gasteiger partial charge in [0.25, 0.3) is 0 Å². The van der Waals surface area contributed by atoms with Crippen LogP contribution in [0.15, 0.2) is 65.7 Å². The van der Waals surface area contributed by atoms with Crippen LogP contribution in [0, 0.1) is 0 Å². The van der Waals surface area contributed by atoms with Crippen molar-refractivity contribution < 1.29 is 0 Å². The molecule has 0 aliphatic carbocycles. The molecule has 0 unspecified atom stereocenters. The predicted octanol–water partition coefficient (Wildman–Crippen LogP) is 4.64. The molecular weight excluding hydrogens is 434 g/mol. The second-order valence-corrected chi connectivity index (χ2v) is 8.86. The standard InChI is InChI=1S/C21H18BrN5S/c22-18-4-3-16-6-9-26(14-17(16)11-18)21-24-13-19(28-21)10-15-2-5-20(23-12-15)27-8-1-7-25-27/h1-5,7-8,11-13H,6,9-10,14H2. The van der Waals surface area contributed by atoms with Crippen molar-refractivity contribution in [1.82, 2.24) is 19.7 Å². The second kappa shape index (κ2) is 7.48. The summed E-state index contributed by atoms with van der Waals surface area (Å²) in [5.74, 6) is 0.830. The number of nitrogens with zero attached hydrogens (tertiary/aromatic N) is 5. The van der Waals surface area contributed by atoms with Gasteiger partial charge >= 0.3 is 0 Å². The molecule has 0 amide bonds. The third-order valence-corrected chi connectivity index (χ3v) is 6.47. The Morgan fingerprint density at radius 3 is 2.86 bits per heavy atom. The number of benzene rings is 1. The van der Waals surface area contributed by atoms with Crippen LogP contribution < -0.4 is 4.90 Å². The van der Waals surface area contributed by atoms with Crippen molar-refractivity contribution in [3.8, 4) is 5.82 Å². The van der Waals surface area contributed by atoms with Gasteiger partial charge in [-0.25, -0.2) is 14.6 Å². The Kier molecular flexibility index (Phi) is 4.70. The molecule has 4 heterocycles. The lowest BCUT2D eigenvalue weighted by Crippen LogP contribution is -2.30. The summed E-state index contributed by atoms with van der Waals surface area (Å²) in [6, 6.07) is 12.6. The predicted molar refractivity (Wildman–Crippen MR) is 115 cm³/mol. The quantitative estimate of drug-likeness (QED) is 0.453. The molecule has 0 saturated heterocycles. The first-order valence-electron chi connectivity index (χ1n) is 9.16. The average molecular weight is 452 g/mol. The van der Waals surface area contributed by atoms with Crippen LogP contribution in [-0.4, -0.2) is 26.3 Å². The molecule has 3 aromatic heterocycles. The number of fused-ring (bicyclic) bond motifs is 1. The van der Waals surface area contributed by atoms with Gasteiger partial charge in [0, 0.05) is 53.6 Å². The van der Waals surface area contributed by atoms with Crippen LogP contribution in [0.4, 0.5) is 5.13 Å². The van der Waals surface area contributed by atoms with Gasteiger partial charge in [-0.1, -0.05) is 28.1 Å². The summed E-state index contributed by atoms with van der Waals surface area (Å²) in [7, 11) is 0. The molecule has 1 aromatic carbocycles. The van der Waals surface area contributed by atoms with E-state index in [0.717, 1.165) is 41.4 Å². The summed E-state index contributed by atoms with van der Waals surface area (Å²) >= 11 is 5.36. The smallest absolute Gasteiger partial charge is 0.185 e. The summed E-state index contributed by atoms with van der Waals surface area (Å²) in [6.07, 6.45) is 9.48. The lowest BCUT2D eigenvalue weighted by Gasteiger charge is -2.28. The highest BCUT2D eigenvalue weighted by molar-refractivity contribution is 9.10. The van der Waals surface area contributed by atoms with Crippen molar-refractivity contribution in [3.63, 3.8) is 0 Å². The summed E-state index contributed by atoms with van der Waals surface area (Å²) in [6.45, 7) is 1.93. The number of hydrogen-bond acceptors (Lipinski definition) is 5. The molecule has 7 heteroatoms. The number of rotatable bonds is 4. The minimum atomic E-state index is 0.830. The summed E-state index contributed by atoms with van der Waals surface area (Å²) < 4.78 is 2.90. The number of thiazole rings is 1. The maximum atomic E-state index is 4.69. The number of hydrogen-bond donors (Lipinski definition) is 0. The normalized spacial score (nSPS) is 13.5. The van der Waals surface area contributed by atoms with Crippen molar-refractivity contribution in [1.29, 1.82) is 0 Å². The Morgan fingerprint density at radius 1 is 1.07 bits per heavy atom. The zero-order chi connectivity index (χ0) is 18.9. The van der Waals surface area contributed by atoms with Crippen molar-refractivity contribution in [2.45, 2.75) is 19.4 Å². The number of anilines is 1. The summed E-state index contributed by atoms with van der Waals surface area (Å²) in [4.78, 5) is 12.8. The molecular formula is C21H18BrN5S. The Labute approximate surface area is 175 Å². The average Bonchev–Trinajstić information content (AvgIpc) is 3.40. The maximum absolute atomic E-state index is 4.69. The van der Waals surface area contributed by atoms with Crippen LogP contribution in [0.3, 0.4) is 0 Å². The van der Waals surface area contributed by atoms with E-state index in [2.05, 4.69) is 60.2 Å². The second-order valence-electron chi connectivity index (χ2n) is 6.85. The molecule has 0 saturated carbocycles. The summed E-state index contributed by atoms with van der Waals surface area (Å²) in [5.41, 5.74) is 4.01. The number of halogens is 1. The highest BCUT2D eigenvalue weighted by atomic mass is 79.9. The molecule has 0 atom stereocenters. The molecule has 1 aliphatic rings. The van der Waals surface area contributed by atoms with Crippen LogP contribution >= 0.6 is 27.3 Å². The van der Waals surface area contributed by atoms with Gasteiger partial charge in [-0.05, 0) is 47.4 Å². The molecule has 0 radical (unpaired) electrons. The molecule has 28 heavy (non-hydrogen) atoms. The fourth-order valence-corrected chi connectivity index (χ4v) is 4.85. The lowest BCUT2D eigenvalue weighted by atomic mass is 10.0. The fraction of sp³-hybridized carbons (Fsp3) is 0.190. The molecule has 5 rings (SSSR count). The van der Waals surface area contributed by atoms with Crippen LogP contribution in [0.2, 0.25) is 0 Å². The molecule has 0 bridgehead atoms. The Hall–Kier alpha value is -2.51. The first-order chi connectivity index (χ1) is 13.7. The fourth-order valence-electron chi connectivity index (χ4n) is 3.48.